The first-order chi connectivity index (χ1) is 10.3. The van der Waals surface area contributed by atoms with E-state index in [1.807, 2.05) is 45.0 Å². The van der Waals surface area contributed by atoms with Gasteiger partial charge in [0.25, 0.3) is 0 Å². The highest BCUT2D eigenvalue weighted by Gasteiger charge is 2.18. The van der Waals surface area contributed by atoms with Crippen LogP contribution in [0.15, 0.2) is 28.7 Å². The van der Waals surface area contributed by atoms with Gasteiger partial charge >= 0.3 is 0 Å². The van der Waals surface area contributed by atoms with Gasteiger partial charge in [-0.3, -0.25) is 9.59 Å². The minimum atomic E-state index is -0.590. The highest BCUT2D eigenvalue weighted by molar-refractivity contribution is 9.10. The number of rotatable bonds is 7. The maximum atomic E-state index is 11.8. The lowest BCUT2D eigenvalue weighted by Crippen LogP contribution is -2.48. The minimum Gasteiger partial charge on any atom is -0.352 e. The number of nitrogens with two attached hydrogens (primary N) is 1. The van der Waals surface area contributed by atoms with Gasteiger partial charge in [-0.25, -0.2) is 0 Å². The number of carbonyl (C=O) groups excluding carboxylic acids is 2. The molecular weight excluding hydrogens is 382 g/mol. The zero-order valence-corrected chi connectivity index (χ0v) is 16.0. The quantitative estimate of drug-likeness (QED) is 0.647. The molecule has 0 radical (unpaired) electrons. The monoisotopic (exact) mass is 405 g/mol. The fraction of sp³-hybridized carbons (Fsp3) is 0.500. The zero-order valence-electron chi connectivity index (χ0n) is 13.6. The Kier molecular flexibility index (Phi) is 10.1. The van der Waals surface area contributed by atoms with Crippen LogP contribution in [0.2, 0.25) is 0 Å². The summed E-state index contributed by atoms with van der Waals surface area (Å²) in [5, 5.41) is 5.42. The van der Waals surface area contributed by atoms with E-state index in [4.69, 9.17) is 5.73 Å². The normalized spacial score (nSPS) is 13.0. The summed E-state index contributed by atoms with van der Waals surface area (Å²) in [6.45, 7) is 5.61. The van der Waals surface area contributed by atoms with Crippen molar-refractivity contribution in [3.8, 4) is 0 Å². The van der Waals surface area contributed by atoms with Crippen molar-refractivity contribution >= 4 is 40.2 Å². The Balaban J connectivity index is 0.00000484. The molecule has 0 aliphatic carbocycles. The lowest BCUT2D eigenvalue weighted by Gasteiger charge is -2.17. The molecule has 0 spiro atoms. The van der Waals surface area contributed by atoms with Gasteiger partial charge in [-0.15, -0.1) is 12.4 Å². The molecular formula is C16H25BrClN3O2. The molecule has 0 bridgehead atoms. The summed E-state index contributed by atoms with van der Waals surface area (Å²) in [6.07, 6.45) is 0.735. The van der Waals surface area contributed by atoms with E-state index >= 15 is 0 Å². The van der Waals surface area contributed by atoms with Crippen molar-refractivity contribution in [2.75, 3.05) is 6.54 Å². The highest BCUT2D eigenvalue weighted by Crippen LogP contribution is 2.11. The number of halogens is 2. The molecule has 7 heteroatoms. The molecule has 2 amide bonds. The first kappa shape index (κ1) is 21.9. The lowest BCUT2D eigenvalue weighted by atomic mass is 10.1. The first-order valence-corrected chi connectivity index (χ1v) is 8.16. The molecule has 2 atom stereocenters. The predicted molar refractivity (Wildman–Crippen MR) is 98.5 cm³/mol. The number of hydrogen-bond acceptors (Lipinski definition) is 3. The third-order valence-electron chi connectivity index (χ3n) is 3.31. The average molecular weight is 407 g/mol. The minimum absolute atomic E-state index is 0. The first-order valence-electron chi connectivity index (χ1n) is 7.36. The molecule has 1 aromatic rings. The van der Waals surface area contributed by atoms with Crippen LogP contribution in [0.4, 0.5) is 0 Å². The van der Waals surface area contributed by atoms with Gasteiger partial charge in [0.05, 0.1) is 12.6 Å². The molecule has 0 heterocycles. The summed E-state index contributed by atoms with van der Waals surface area (Å²) >= 11 is 3.39. The molecule has 0 saturated carbocycles. The van der Waals surface area contributed by atoms with Crippen LogP contribution in [0.1, 0.15) is 26.3 Å². The molecule has 130 valence electrons. The lowest BCUT2D eigenvalue weighted by molar-refractivity contribution is -0.127. The van der Waals surface area contributed by atoms with Crippen molar-refractivity contribution in [2.45, 2.75) is 39.3 Å². The Morgan fingerprint density at radius 2 is 1.74 bits per heavy atom. The maximum Gasteiger partial charge on any atom is 0.239 e. The number of nitrogens with one attached hydrogen (secondary N) is 2. The Labute approximate surface area is 152 Å². The second-order valence-electron chi connectivity index (χ2n) is 5.79. The van der Waals surface area contributed by atoms with Crippen LogP contribution >= 0.6 is 28.3 Å². The molecule has 23 heavy (non-hydrogen) atoms. The van der Waals surface area contributed by atoms with Gasteiger partial charge in [-0.1, -0.05) is 41.9 Å². The third-order valence-corrected chi connectivity index (χ3v) is 3.84. The second kappa shape index (κ2) is 10.6. The van der Waals surface area contributed by atoms with Gasteiger partial charge in [0, 0.05) is 10.5 Å². The summed E-state index contributed by atoms with van der Waals surface area (Å²) < 4.78 is 1.03. The number of amides is 2. The highest BCUT2D eigenvalue weighted by atomic mass is 79.9. The summed E-state index contributed by atoms with van der Waals surface area (Å²) in [7, 11) is 0. The Morgan fingerprint density at radius 1 is 1.17 bits per heavy atom. The van der Waals surface area contributed by atoms with Crippen molar-refractivity contribution < 1.29 is 9.59 Å². The van der Waals surface area contributed by atoms with Gasteiger partial charge < -0.3 is 16.4 Å². The number of hydrogen-bond donors (Lipinski definition) is 3. The fourth-order valence-corrected chi connectivity index (χ4v) is 2.20. The summed E-state index contributed by atoms with van der Waals surface area (Å²) in [5.74, 6) is -0.473. The van der Waals surface area contributed by atoms with E-state index in [2.05, 4.69) is 26.6 Å². The average Bonchev–Trinajstić information content (AvgIpc) is 2.46. The SMILES string of the molecule is CC(Cc1ccc(Br)cc1)NC(=O)CNC(=O)[C@@H](N)C(C)C.Cl. The number of benzene rings is 1. The molecule has 1 rings (SSSR count). The van der Waals surface area contributed by atoms with E-state index in [9.17, 15) is 9.59 Å². The van der Waals surface area contributed by atoms with E-state index < -0.39 is 6.04 Å². The van der Waals surface area contributed by atoms with Crippen LogP contribution in [0, 0.1) is 5.92 Å². The van der Waals surface area contributed by atoms with Crippen molar-refractivity contribution in [1.29, 1.82) is 0 Å². The molecule has 0 aromatic heterocycles. The predicted octanol–water partition coefficient (Wildman–Crippen LogP) is 2.02. The van der Waals surface area contributed by atoms with E-state index in [0.29, 0.717) is 0 Å². The van der Waals surface area contributed by atoms with Crippen molar-refractivity contribution in [2.24, 2.45) is 11.7 Å². The Morgan fingerprint density at radius 3 is 2.26 bits per heavy atom. The summed E-state index contributed by atoms with van der Waals surface area (Å²) in [6, 6.07) is 7.36. The maximum absolute atomic E-state index is 11.8. The smallest absolute Gasteiger partial charge is 0.239 e. The van der Waals surface area contributed by atoms with E-state index in [1.165, 1.54) is 0 Å². The standard InChI is InChI=1S/C16H24BrN3O2.ClH/c1-10(2)15(18)16(22)19-9-14(21)20-11(3)8-12-4-6-13(17)7-5-12;/h4-7,10-11,15H,8-9,18H2,1-3H3,(H,19,22)(H,20,21);1H/t11?,15-;/m0./s1. The molecule has 0 aliphatic rings. The Hall–Kier alpha value is -1.11. The molecule has 0 fully saturated rings. The molecule has 4 N–H and O–H groups in total. The summed E-state index contributed by atoms with van der Waals surface area (Å²) in [5.41, 5.74) is 6.85. The van der Waals surface area contributed by atoms with Gasteiger partial charge in [0.1, 0.15) is 0 Å². The molecule has 1 aromatic carbocycles. The zero-order chi connectivity index (χ0) is 16.7. The Bertz CT molecular complexity index is 509. The molecule has 0 aliphatic heterocycles. The van der Waals surface area contributed by atoms with Gasteiger partial charge in [0.2, 0.25) is 11.8 Å². The van der Waals surface area contributed by atoms with Crippen molar-refractivity contribution in [3.05, 3.63) is 34.3 Å². The van der Waals surface area contributed by atoms with Crippen LogP contribution in [0.3, 0.4) is 0 Å². The van der Waals surface area contributed by atoms with Gasteiger partial charge in [0.15, 0.2) is 0 Å². The summed E-state index contributed by atoms with van der Waals surface area (Å²) in [4.78, 5) is 23.5. The largest absolute Gasteiger partial charge is 0.352 e. The molecule has 0 saturated heterocycles. The van der Waals surface area contributed by atoms with E-state index in [0.717, 1.165) is 16.5 Å². The van der Waals surface area contributed by atoms with E-state index in [-0.39, 0.29) is 42.7 Å². The van der Waals surface area contributed by atoms with Crippen LogP contribution in [-0.4, -0.2) is 30.4 Å². The third kappa shape index (κ3) is 8.34. The molecule has 5 nitrogen and oxygen atoms in total. The van der Waals surface area contributed by atoms with E-state index in [1.54, 1.807) is 0 Å². The topological polar surface area (TPSA) is 84.2 Å². The van der Waals surface area contributed by atoms with Crippen LogP contribution in [0.25, 0.3) is 0 Å². The number of carbonyl (C=O) groups is 2. The van der Waals surface area contributed by atoms with Gasteiger partial charge in [-0.05, 0) is 37.0 Å². The van der Waals surface area contributed by atoms with Crippen molar-refractivity contribution in [3.63, 3.8) is 0 Å². The van der Waals surface area contributed by atoms with Crippen molar-refractivity contribution in [1.82, 2.24) is 10.6 Å². The van der Waals surface area contributed by atoms with Gasteiger partial charge in [-0.2, -0.15) is 0 Å². The molecule has 1 unspecified atom stereocenters. The van der Waals surface area contributed by atoms with Crippen LogP contribution < -0.4 is 16.4 Å². The fourth-order valence-electron chi connectivity index (χ4n) is 1.94. The van der Waals surface area contributed by atoms with Crippen LogP contribution in [0.5, 0.6) is 0 Å². The van der Waals surface area contributed by atoms with Crippen LogP contribution in [-0.2, 0) is 16.0 Å². The second-order valence-corrected chi connectivity index (χ2v) is 6.70.